The second kappa shape index (κ2) is 4.79. The minimum Gasteiger partial charge on any atom is -1.00 e. The number of rotatable bonds is 2. The molecule has 6 saturated carbocycles. The van der Waals surface area contributed by atoms with Crippen LogP contribution in [0.5, 0.6) is 0 Å². The third-order valence-corrected chi connectivity index (χ3v) is 4.84. The number of hydrogen-bond donors (Lipinski definition) is 1. The minimum absolute atomic E-state index is 0. The van der Waals surface area contributed by atoms with E-state index in [9.17, 15) is 4.79 Å². The zero-order valence-corrected chi connectivity index (χ0v) is 9.54. The van der Waals surface area contributed by atoms with Crippen LogP contribution in [0.25, 0.3) is 0 Å². The smallest absolute Gasteiger partial charge is 1.00 e. The summed E-state index contributed by atoms with van der Waals surface area (Å²) in [7, 11) is 0. The third-order valence-electron chi connectivity index (χ3n) is 4.84. The van der Waals surface area contributed by atoms with Crippen molar-refractivity contribution in [1.82, 2.24) is 0 Å². The molecule has 0 aromatic rings. The molecule has 0 aliphatic heterocycles. The van der Waals surface area contributed by atoms with Crippen LogP contribution in [0.2, 0.25) is 0 Å². The first-order chi connectivity index (χ1) is 6.69. The summed E-state index contributed by atoms with van der Waals surface area (Å²) in [5.74, 6) is 1.97. The van der Waals surface area contributed by atoms with Crippen LogP contribution in [0.15, 0.2) is 0 Å². The van der Waals surface area contributed by atoms with Gasteiger partial charge in [0.15, 0.2) is 17.4 Å². The molecule has 4 bridgehead atoms. The molecule has 0 saturated heterocycles. The number of aldehydes is 1. The van der Waals surface area contributed by atoms with Gasteiger partial charge in [-0.3, -0.25) is 0 Å². The van der Waals surface area contributed by atoms with Crippen molar-refractivity contribution in [3.8, 4) is 0 Å². The summed E-state index contributed by atoms with van der Waals surface area (Å²) in [6, 6.07) is 0. The first kappa shape index (κ1) is 14.8. The summed E-state index contributed by atoms with van der Waals surface area (Å²) in [5.41, 5.74) is 0.690. The molecule has 0 aromatic carbocycles. The van der Waals surface area contributed by atoms with Crippen molar-refractivity contribution in [1.29, 1.82) is 0 Å². The van der Waals surface area contributed by atoms with Crippen molar-refractivity contribution in [2.75, 3.05) is 6.61 Å². The van der Waals surface area contributed by atoms with Crippen LogP contribution >= 0.6 is 0 Å². The van der Waals surface area contributed by atoms with E-state index in [1.54, 1.807) is 0 Å². The van der Waals surface area contributed by atoms with Gasteiger partial charge < -0.3 is 11.3 Å². The van der Waals surface area contributed by atoms with E-state index in [4.69, 9.17) is 5.11 Å². The van der Waals surface area contributed by atoms with Crippen molar-refractivity contribution in [2.24, 2.45) is 22.7 Å². The topological polar surface area (TPSA) is 37.3 Å². The predicted octanol–water partition coefficient (Wildman–Crippen LogP) is -2.30. The summed E-state index contributed by atoms with van der Waals surface area (Å²) in [6.07, 6.45) is 8.73. The molecule has 16 heavy (non-hydrogen) atoms. The van der Waals surface area contributed by atoms with E-state index in [0.717, 1.165) is 18.1 Å². The Hall–Kier alpha value is 0.760. The molecule has 0 radical (unpaired) electrons. The standard InChI is InChI=1S/C6H10O.C6H8O.Al.Li.4H/c2*7-4-6-1-5(2-6)3-6;;;;;;/h5,7H,1-4H2;4-5H,1-3H2;;;;;;/q;;;+1;;;;-1. The Morgan fingerprint density at radius 1 is 1.12 bits per heavy atom. The Labute approximate surface area is 121 Å². The molecule has 0 heterocycles. The fourth-order valence-electron chi connectivity index (χ4n) is 3.54. The summed E-state index contributed by atoms with van der Waals surface area (Å²) in [6.45, 7) is 0.448. The maximum Gasteiger partial charge on any atom is 1.00 e. The molecule has 0 spiro atoms. The number of carbonyl (C=O) groups excluding carboxylic acids is 1. The SMILES string of the molecule is O=CC12CC(C1)C2.OCC12CC(C1)C2.[AlH3].[H-].[Li+]. The first-order valence-electron chi connectivity index (χ1n) is 5.76. The van der Waals surface area contributed by atoms with Crippen molar-refractivity contribution < 1.29 is 30.2 Å². The van der Waals surface area contributed by atoms with Gasteiger partial charge in [-0.1, -0.05) is 0 Å². The molecule has 6 aliphatic carbocycles. The van der Waals surface area contributed by atoms with E-state index in [0.29, 0.717) is 12.0 Å². The Balaban J connectivity index is 0.000000256. The predicted molar refractivity (Wildman–Crippen MR) is 63.7 cm³/mol. The molecule has 0 unspecified atom stereocenters. The Kier molecular flexibility index (Phi) is 4.44. The van der Waals surface area contributed by atoms with E-state index >= 15 is 0 Å². The van der Waals surface area contributed by atoms with Gasteiger partial charge in [-0.15, -0.1) is 0 Å². The van der Waals surface area contributed by atoms with Crippen molar-refractivity contribution in [3.05, 3.63) is 0 Å². The van der Waals surface area contributed by atoms with Gasteiger partial charge in [0, 0.05) is 12.0 Å². The second-order valence-corrected chi connectivity index (χ2v) is 6.10. The van der Waals surface area contributed by atoms with E-state index < -0.39 is 0 Å². The number of hydrogen-bond acceptors (Lipinski definition) is 2. The van der Waals surface area contributed by atoms with Crippen LogP contribution in [0, 0.1) is 22.7 Å². The molecule has 0 amide bonds. The molecule has 0 aromatic heterocycles. The molecule has 1 N–H and O–H groups in total. The Bertz CT molecular complexity index is 248. The largest absolute Gasteiger partial charge is 1.00 e. The van der Waals surface area contributed by atoms with Gasteiger partial charge in [-0.25, -0.2) is 0 Å². The van der Waals surface area contributed by atoms with Gasteiger partial charge in [0.1, 0.15) is 6.29 Å². The van der Waals surface area contributed by atoms with Gasteiger partial charge in [-0.2, -0.15) is 0 Å². The summed E-state index contributed by atoms with van der Waals surface area (Å²) < 4.78 is 0. The quantitative estimate of drug-likeness (QED) is 0.429. The maximum absolute atomic E-state index is 10.1. The molecular formula is C12H22AlLiO2. The summed E-state index contributed by atoms with van der Waals surface area (Å²) in [5, 5.41) is 8.68. The van der Waals surface area contributed by atoms with Gasteiger partial charge in [-0.05, 0) is 55.8 Å². The zero-order chi connectivity index (χ0) is 9.81. The second-order valence-electron chi connectivity index (χ2n) is 6.10. The molecule has 0 atom stereocenters. The van der Waals surface area contributed by atoms with Crippen molar-refractivity contribution >= 4 is 23.6 Å². The van der Waals surface area contributed by atoms with Crippen LogP contribution in [0.3, 0.4) is 0 Å². The fraction of sp³-hybridized carbons (Fsp3) is 0.917. The van der Waals surface area contributed by atoms with Gasteiger partial charge in [0.2, 0.25) is 0 Å². The minimum atomic E-state index is 0. The zero-order valence-electron chi connectivity index (χ0n) is 10.5. The third kappa shape index (κ3) is 2.07. The first-order valence-corrected chi connectivity index (χ1v) is 5.76. The molecule has 6 fully saturated rings. The average molecular weight is 232 g/mol. The van der Waals surface area contributed by atoms with Crippen LogP contribution in [-0.4, -0.2) is 35.4 Å². The maximum atomic E-state index is 10.1. The molecule has 6 aliphatic rings. The molecule has 86 valence electrons. The molecule has 6 rings (SSSR count). The van der Waals surface area contributed by atoms with Crippen LogP contribution in [-0.2, 0) is 4.79 Å². The van der Waals surface area contributed by atoms with Gasteiger partial charge >= 0.3 is 18.9 Å². The van der Waals surface area contributed by atoms with Crippen LogP contribution < -0.4 is 18.9 Å². The molecule has 2 nitrogen and oxygen atoms in total. The van der Waals surface area contributed by atoms with Gasteiger partial charge in [0.25, 0.3) is 0 Å². The number of carbonyl (C=O) groups is 1. The van der Waals surface area contributed by atoms with E-state index in [-0.39, 0.29) is 43.1 Å². The van der Waals surface area contributed by atoms with Gasteiger partial charge in [0.05, 0.1) is 0 Å². The summed E-state index contributed by atoms with van der Waals surface area (Å²) in [4.78, 5) is 10.1. The van der Waals surface area contributed by atoms with Crippen LogP contribution in [0.1, 0.15) is 40.0 Å². The fourth-order valence-corrected chi connectivity index (χ4v) is 3.54. The average Bonchev–Trinajstić information content (AvgIpc) is 1.76. The monoisotopic (exact) mass is 232 g/mol. The normalized spacial score (nSPS) is 48.1. The van der Waals surface area contributed by atoms with E-state index in [2.05, 4.69) is 0 Å². The summed E-state index contributed by atoms with van der Waals surface area (Å²) >= 11 is 0. The Morgan fingerprint density at radius 3 is 1.56 bits per heavy atom. The number of aliphatic hydroxyl groups is 1. The molecule has 4 heteroatoms. The Morgan fingerprint density at radius 2 is 1.56 bits per heavy atom. The van der Waals surface area contributed by atoms with E-state index in [1.807, 2.05) is 0 Å². The van der Waals surface area contributed by atoms with Crippen LogP contribution in [0.4, 0.5) is 0 Å². The number of aliphatic hydroxyl groups excluding tert-OH is 1. The van der Waals surface area contributed by atoms with Crippen molar-refractivity contribution in [3.63, 3.8) is 0 Å². The molecular weight excluding hydrogens is 210 g/mol. The van der Waals surface area contributed by atoms with E-state index in [1.165, 1.54) is 38.5 Å². The van der Waals surface area contributed by atoms with Crippen molar-refractivity contribution in [2.45, 2.75) is 38.5 Å².